The number of nitrogens with zero attached hydrogens (tertiary/aromatic N) is 4. The maximum Gasteiger partial charge on any atom is 0.143 e. The van der Waals surface area contributed by atoms with Gasteiger partial charge in [-0.1, -0.05) is 61.2 Å². The Labute approximate surface area is 178 Å². The summed E-state index contributed by atoms with van der Waals surface area (Å²) in [5, 5.41) is 3.48. The molecule has 1 fully saturated rings. The van der Waals surface area contributed by atoms with E-state index in [0.717, 1.165) is 66.9 Å². The predicted octanol–water partition coefficient (Wildman–Crippen LogP) is 2.89. The van der Waals surface area contributed by atoms with Crippen LogP contribution in [0, 0.1) is 6.92 Å². The second-order valence-electron chi connectivity index (χ2n) is 7.98. The first-order valence-corrected chi connectivity index (χ1v) is 10.7. The van der Waals surface area contributed by atoms with E-state index < -0.39 is 0 Å². The predicted molar refractivity (Wildman–Crippen MR) is 125 cm³/mol. The topological polar surface area (TPSA) is 32.3 Å². The van der Waals surface area contributed by atoms with E-state index in [9.17, 15) is 0 Å². The molecule has 3 aromatic rings. The van der Waals surface area contributed by atoms with E-state index >= 15 is 0 Å². The Hall–Kier alpha value is -2.82. The maximum absolute atomic E-state index is 4.78. The van der Waals surface area contributed by atoms with Crippen LogP contribution in [0.15, 0.2) is 60.7 Å². The van der Waals surface area contributed by atoms with Crippen molar-refractivity contribution in [3.05, 3.63) is 82.6 Å². The Morgan fingerprint density at radius 2 is 1.67 bits per heavy atom. The van der Waals surface area contributed by atoms with E-state index in [1.165, 1.54) is 10.8 Å². The summed E-state index contributed by atoms with van der Waals surface area (Å²) in [6, 6.07) is 16.7. The molecule has 1 saturated heterocycles. The van der Waals surface area contributed by atoms with E-state index in [1.807, 2.05) is 12.1 Å². The van der Waals surface area contributed by atoms with Crippen molar-refractivity contribution in [1.82, 2.24) is 19.8 Å². The Kier molecular flexibility index (Phi) is 6.36. The van der Waals surface area contributed by atoms with Gasteiger partial charge in [0.1, 0.15) is 5.82 Å². The molecule has 0 spiro atoms. The second kappa shape index (κ2) is 9.33. The molecule has 4 rings (SSSR count). The van der Waals surface area contributed by atoms with Crippen LogP contribution in [-0.4, -0.2) is 52.5 Å². The Balaban J connectivity index is 1.42. The molecule has 0 atom stereocenters. The molecule has 4 nitrogen and oxygen atoms in total. The number of allylic oxidation sites excluding steroid dienone is 1. The number of rotatable bonds is 5. The number of para-hydroxylation sites is 1. The molecule has 154 valence electrons. The normalized spacial score (nSPS) is 17.0. The van der Waals surface area contributed by atoms with Gasteiger partial charge in [-0.15, -0.1) is 0 Å². The van der Waals surface area contributed by atoms with E-state index in [2.05, 4.69) is 78.8 Å². The summed E-state index contributed by atoms with van der Waals surface area (Å²) in [5.74, 6) is 0.923. The van der Waals surface area contributed by atoms with Crippen LogP contribution in [-0.2, 0) is 6.54 Å². The van der Waals surface area contributed by atoms with Crippen LogP contribution in [0.5, 0.6) is 0 Å². The molecule has 4 heteroatoms. The molecule has 1 aromatic heterocycles. The minimum atomic E-state index is 0.812. The highest BCUT2D eigenvalue weighted by Gasteiger charge is 2.19. The molecule has 2 heterocycles. The summed E-state index contributed by atoms with van der Waals surface area (Å²) in [6.45, 7) is 14.3. The van der Waals surface area contributed by atoms with Crippen molar-refractivity contribution >= 4 is 23.1 Å². The molecule has 1 aliphatic heterocycles. The van der Waals surface area contributed by atoms with Crippen LogP contribution in [0.25, 0.3) is 23.1 Å². The average molecular weight is 399 g/mol. The summed E-state index contributed by atoms with van der Waals surface area (Å²) in [6.07, 6.45) is 4.35. The van der Waals surface area contributed by atoms with Gasteiger partial charge in [-0.05, 0) is 35.9 Å². The molecule has 0 unspecified atom stereocenters. The minimum Gasteiger partial charge on any atom is -0.297 e. The van der Waals surface area contributed by atoms with Crippen LogP contribution in [0.3, 0.4) is 0 Å². The van der Waals surface area contributed by atoms with Crippen molar-refractivity contribution in [3.8, 4) is 0 Å². The van der Waals surface area contributed by atoms with Crippen molar-refractivity contribution in [1.29, 1.82) is 0 Å². The zero-order valence-electron chi connectivity index (χ0n) is 18.0. The highest BCUT2D eigenvalue weighted by molar-refractivity contribution is 5.80. The molecular formula is C26H30N4. The number of hydrogen-bond acceptors (Lipinski definition) is 4. The maximum atomic E-state index is 4.78. The number of fused-ring (bicyclic) bond motifs is 1. The lowest BCUT2D eigenvalue weighted by atomic mass is 10.1. The van der Waals surface area contributed by atoms with Crippen LogP contribution in [0.4, 0.5) is 0 Å². The fourth-order valence-electron chi connectivity index (χ4n) is 4.17. The highest BCUT2D eigenvalue weighted by atomic mass is 15.3. The van der Waals surface area contributed by atoms with Gasteiger partial charge in [-0.25, -0.2) is 9.97 Å². The molecule has 30 heavy (non-hydrogen) atoms. The average Bonchev–Trinajstić information content (AvgIpc) is 2.75. The number of aromatic nitrogens is 2. The lowest BCUT2D eigenvalue weighted by Crippen LogP contribution is -2.47. The van der Waals surface area contributed by atoms with E-state index in [4.69, 9.17) is 9.97 Å². The van der Waals surface area contributed by atoms with Gasteiger partial charge in [0.2, 0.25) is 0 Å². The Morgan fingerprint density at radius 1 is 0.967 bits per heavy atom. The quantitative estimate of drug-likeness (QED) is 0.662. The lowest BCUT2D eigenvalue weighted by Gasteiger charge is -2.34. The first-order valence-electron chi connectivity index (χ1n) is 10.7. The fraction of sp³-hybridized carbons (Fsp3) is 0.308. The van der Waals surface area contributed by atoms with Crippen LogP contribution in [0.2, 0.25) is 0 Å². The van der Waals surface area contributed by atoms with E-state index in [-0.39, 0.29) is 0 Å². The van der Waals surface area contributed by atoms with Crippen molar-refractivity contribution in [3.63, 3.8) is 0 Å². The minimum absolute atomic E-state index is 0.812. The summed E-state index contributed by atoms with van der Waals surface area (Å²) in [4.78, 5) is 14.5. The second-order valence-corrected chi connectivity index (χ2v) is 7.98. The first kappa shape index (κ1) is 20.5. The Bertz CT molecular complexity index is 1160. The van der Waals surface area contributed by atoms with E-state index in [0.29, 0.717) is 0 Å². The molecule has 0 amide bonds. The number of aryl methyl sites for hydroxylation is 1. The summed E-state index contributed by atoms with van der Waals surface area (Å²) in [5.41, 5.74) is 3.44. The summed E-state index contributed by atoms with van der Waals surface area (Å²) in [7, 11) is 0. The molecule has 2 aromatic carbocycles. The van der Waals surface area contributed by atoms with Gasteiger partial charge in [0.25, 0.3) is 0 Å². The molecule has 0 radical (unpaired) electrons. The van der Waals surface area contributed by atoms with E-state index in [1.54, 1.807) is 0 Å². The van der Waals surface area contributed by atoms with Crippen molar-refractivity contribution < 1.29 is 0 Å². The third-order valence-corrected chi connectivity index (χ3v) is 5.80. The standard InChI is InChI=1S/C26H30N4/c1-4-9-22(23-11-6-5-10-20(23)2)18-29-14-16-30(17-15-29)19-26-27-21(3)24-12-7-8-13-25(24)28-26/h4-13H,2,14-19H2,1,3H3/b9-4?,23-22+. The molecule has 0 aliphatic carbocycles. The summed E-state index contributed by atoms with van der Waals surface area (Å²) >= 11 is 0. The van der Waals surface area contributed by atoms with Crippen molar-refractivity contribution in [2.75, 3.05) is 32.7 Å². The molecule has 0 saturated carbocycles. The highest BCUT2D eigenvalue weighted by Crippen LogP contribution is 2.16. The molecular weight excluding hydrogens is 368 g/mol. The molecule has 1 aliphatic rings. The van der Waals surface area contributed by atoms with Crippen molar-refractivity contribution in [2.45, 2.75) is 20.4 Å². The monoisotopic (exact) mass is 398 g/mol. The van der Waals surface area contributed by atoms with Gasteiger partial charge in [0.15, 0.2) is 0 Å². The zero-order valence-corrected chi connectivity index (χ0v) is 18.0. The van der Waals surface area contributed by atoms with Gasteiger partial charge < -0.3 is 0 Å². The number of benzene rings is 2. The molecule has 0 bridgehead atoms. The smallest absolute Gasteiger partial charge is 0.143 e. The fourth-order valence-corrected chi connectivity index (χ4v) is 4.17. The van der Waals surface area contributed by atoms with Crippen LogP contribution in [0.1, 0.15) is 18.4 Å². The van der Waals surface area contributed by atoms with Gasteiger partial charge in [-0.2, -0.15) is 0 Å². The van der Waals surface area contributed by atoms with Gasteiger partial charge in [-0.3, -0.25) is 9.80 Å². The SMILES string of the molecule is C=c1cccc/c1=C(/C=CC)CN1CCN(Cc2nc(C)c3ccccc3n2)CC1. The van der Waals surface area contributed by atoms with Gasteiger partial charge in [0.05, 0.1) is 12.1 Å². The van der Waals surface area contributed by atoms with Gasteiger partial charge in [0, 0.05) is 43.8 Å². The number of piperazine rings is 1. The third-order valence-electron chi connectivity index (χ3n) is 5.80. The third kappa shape index (κ3) is 4.66. The zero-order chi connectivity index (χ0) is 20.9. The molecule has 0 N–H and O–H groups in total. The lowest BCUT2D eigenvalue weighted by molar-refractivity contribution is 0.136. The van der Waals surface area contributed by atoms with Gasteiger partial charge >= 0.3 is 0 Å². The largest absolute Gasteiger partial charge is 0.297 e. The van der Waals surface area contributed by atoms with Crippen LogP contribution >= 0.6 is 0 Å². The van der Waals surface area contributed by atoms with Crippen LogP contribution < -0.4 is 10.4 Å². The first-order chi connectivity index (χ1) is 14.6. The Morgan fingerprint density at radius 3 is 2.43 bits per heavy atom. The number of hydrogen-bond donors (Lipinski definition) is 0. The summed E-state index contributed by atoms with van der Waals surface area (Å²) < 4.78 is 0. The van der Waals surface area contributed by atoms with Crippen molar-refractivity contribution in [2.24, 2.45) is 0 Å².